The van der Waals surface area contributed by atoms with Crippen molar-refractivity contribution in [2.75, 3.05) is 5.73 Å². The first kappa shape index (κ1) is 18.6. The van der Waals surface area contributed by atoms with Crippen LogP contribution in [0.25, 0.3) is 10.8 Å². The minimum atomic E-state index is -4.11. The number of nitrogens with zero attached hydrogens (tertiary/aromatic N) is 2. The predicted molar refractivity (Wildman–Crippen MR) is 105 cm³/mol. The van der Waals surface area contributed by atoms with Crippen LogP contribution in [-0.4, -0.2) is 23.6 Å². The zero-order valence-corrected chi connectivity index (χ0v) is 15.6. The predicted octanol–water partition coefficient (Wildman–Crippen LogP) is 3.21. The molecule has 146 valence electrons. The number of hydrogen-bond acceptors (Lipinski definition) is 6. The fraction of sp³-hybridized carbons (Fsp3) is 0. The quantitative estimate of drug-likeness (QED) is 0.517. The van der Waals surface area contributed by atoms with Gasteiger partial charge in [-0.3, -0.25) is 0 Å². The second-order valence-corrected chi connectivity index (χ2v) is 7.93. The Hall–Kier alpha value is -3.72. The van der Waals surface area contributed by atoms with Crippen LogP contribution >= 0.6 is 0 Å². The van der Waals surface area contributed by atoms with Crippen molar-refractivity contribution in [1.29, 1.82) is 0 Å². The molecule has 4 aromatic rings. The Morgan fingerprint density at radius 1 is 0.966 bits per heavy atom. The van der Waals surface area contributed by atoms with E-state index in [1.807, 2.05) is 12.1 Å². The third-order valence-electron chi connectivity index (χ3n) is 4.21. The molecule has 2 N–H and O–H groups in total. The minimum Gasteiger partial charge on any atom is -0.402 e. The van der Waals surface area contributed by atoms with Crippen LogP contribution in [0.4, 0.5) is 10.2 Å². The van der Waals surface area contributed by atoms with Crippen LogP contribution in [0.2, 0.25) is 0 Å². The van der Waals surface area contributed by atoms with Crippen LogP contribution in [0.1, 0.15) is 10.4 Å². The van der Waals surface area contributed by atoms with E-state index in [1.165, 1.54) is 24.3 Å². The molecule has 0 bridgehead atoms. The van der Waals surface area contributed by atoms with Gasteiger partial charge in [0.05, 0.1) is 10.5 Å². The van der Waals surface area contributed by atoms with Gasteiger partial charge in [-0.15, -0.1) is 9.19 Å². The summed E-state index contributed by atoms with van der Waals surface area (Å²) in [6, 6.07) is 17.8. The number of carbonyl (C=O) groups is 1. The molecule has 0 aliphatic carbocycles. The van der Waals surface area contributed by atoms with Gasteiger partial charge in [0, 0.05) is 6.07 Å². The summed E-state index contributed by atoms with van der Waals surface area (Å²) >= 11 is 0. The van der Waals surface area contributed by atoms with E-state index < -0.39 is 21.8 Å². The molecule has 0 fully saturated rings. The molecule has 0 atom stereocenters. The Balaban J connectivity index is 1.65. The number of nitrogen functional groups attached to an aromatic ring is 1. The van der Waals surface area contributed by atoms with Crippen LogP contribution in [0, 0.1) is 5.82 Å². The van der Waals surface area contributed by atoms with Crippen LogP contribution in [0.3, 0.4) is 0 Å². The number of aromatic nitrogens is 2. The van der Waals surface area contributed by atoms with Crippen molar-refractivity contribution in [3.05, 3.63) is 84.2 Å². The molecule has 1 aromatic heterocycles. The van der Waals surface area contributed by atoms with E-state index in [0.717, 1.165) is 29.0 Å². The topological polar surface area (TPSA) is 104 Å². The van der Waals surface area contributed by atoms with Gasteiger partial charge in [-0.2, -0.15) is 8.42 Å². The van der Waals surface area contributed by atoms with E-state index in [-0.39, 0.29) is 22.2 Å². The Morgan fingerprint density at radius 2 is 1.66 bits per heavy atom. The molecule has 0 saturated carbocycles. The summed E-state index contributed by atoms with van der Waals surface area (Å²) < 4.78 is 44.5. The summed E-state index contributed by atoms with van der Waals surface area (Å²) in [7, 11) is -4.11. The number of rotatable bonds is 4. The van der Waals surface area contributed by atoms with E-state index in [9.17, 15) is 17.6 Å². The lowest BCUT2D eigenvalue weighted by atomic mass is 10.1. The highest BCUT2D eigenvalue weighted by molar-refractivity contribution is 7.90. The summed E-state index contributed by atoms with van der Waals surface area (Å²) in [6.45, 7) is 0. The van der Waals surface area contributed by atoms with Crippen molar-refractivity contribution in [3.63, 3.8) is 0 Å². The van der Waals surface area contributed by atoms with Crippen LogP contribution in [-0.2, 0) is 10.0 Å². The van der Waals surface area contributed by atoms with Gasteiger partial charge in [0.1, 0.15) is 11.6 Å². The Bertz CT molecular complexity index is 1330. The van der Waals surface area contributed by atoms with Crippen molar-refractivity contribution in [1.82, 2.24) is 9.19 Å². The Morgan fingerprint density at radius 3 is 2.38 bits per heavy atom. The number of benzene rings is 3. The van der Waals surface area contributed by atoms with E-state index in [0.29, 0.717) is 4.09 Å². The highest BCUT2D eigenvalue weighted by Crippen LogP contribution is 2.24. The minimum absolute atomic E-state index is 0.0117. The number of nitrogens with two attached hydrogens (primary N) is 1. The summed E-state index contributed by atoms with van der Waals surface area (Å²) in [5, 5.41) is 5.43. The first-order chi connectivity index (χ1) is 13.8. The summed E-state index contributed by atoms with van der Waals surface area (Å²) in [4.78, 5) is 12.1. The molecule has 0 spiro atoms. The lowest BCUT2D eigenvalue weighted by Gasteiger charge is -2.07. The number of hydrogen-bond donors (Lipinski definition) is 1. The molecule has 0 unspecified atom stereocenters. The lowest BCUT2D eigenvalue weighted by molar-refractivity contribution is 0.0727. The molecule has 1 heterocycles. The highest BCUT2D eigenvalue weighted by atomic mass is 32.2. The van der Waals surface area contributed by atoms with E-state index >= 15 is 0 Å². The van der Waals surface area contributed by atoms with E-state index in [2.05, 4.69) is 5.10 Å². The molecule has 0 saturated heterocycles. The summed E-state index contributed by atoms with van der Waals surface area (Å²) in [5.74, 6) is -1.84. The van der Waals surface area contributed by atoms with Crippen LogP contribution < -0.4 is 10.5 Å². The fourth-order valence-electron chi connectivity index (χ4n) is 2.77. The Labute approximate surface area is 165 Å². The number of esters is 1. The van der Waals surface area contributed by atoms with Crippen molar-refractivity contribution < 1.29 is 22.3 Å². The molecule has 0 amide bonds. The third kappa shape index (κ3) is 3.55. The van der Waals surface area contributed by atoms with E-state index in [4.69, 9.17) is 10.5 Å². The van der Waals surface area contributed by atoms with E-state index in [1.54, 1.807) is 18.2 Å². The molecular formula is C20H14FN3O4S. The summed E-state index contributed by atoms with van der Waals surface area (Å²) in [5.41, 5.74) is 5.87. The largest absolute Gasteiger partial charge is 0.402 e. The first-order valence-corrected chi connectivity index (χ1v) is 9.86. The van der Waals surface area contributed by atoms with Crippen molar-refractivity contribution in [3.8, 4) is 5.88 Å². The molecular weight excluding hydrogens is 397 g/mol. The van der Waals surface area contributed by atoms with Crippen LogP contribution in [0.15, 0.2) is 77.7 Å². The van der Waals surface area contributed by atoms with Crippen molar-refractivity contribution in [2.24, 2.45) is 0 Å². The number of carbonyl (C=O) groups excluding carboxylic acids is 1. The number of fused-ring (bicyclic) bond motifs is 1. The van der Waals surface area contributed by atoms with Gasteiger partial charge in [0.2, 0.25) is 5.88 Å². The molecule has 9 heteroatoms. The average molecular weight is 411 g/mol. The van der Waals surface area contributed by atoms with Crippen molar-refractivity contribution in [2.45, 2.75) is 4.90 Å². The normalized spacial score (nSPS) is 11.5. The highest BCUT2D eigenvalue weighted by Gasteiger charge is 2.23. The summed E-state index contributed by atoms with van der Waals surface area (Å²) in [6.07, 6.45) is 0. The molecule has 3 aromatic carbocycles. The zero-order valence-electron chi connectivity index (χ0n) is 14.8. The van der Waals surface area contributed by atoms with Gasteiger partial charge in [0.25, 0.3) is 10.0 Å². The lowest BCUT2D eigenvalue weighted by Crippen LogP contribution is -2.17. The standard InChI is InChI=1S/C20H14FN3O4S/c21-16-8-5-14(6-9-16)20(25)28-19-12-18(22)24(23-19)29(26,27)17-10-7-13-3-1-2-4-15(13)11-17/h1-12H,22H2. The third-order valence-corrected chi connectivity index (χ3v) is 5.80. The smallest absolute Gasteiger partial charge is 0.344 e. The van der Waals surface area contributed by atoms with Gasteiger partial charge < -0.3 is 10.5 Å². The van der Waals surface area contributed by atoms with Gasteiger partial charge in [-0.1, -0.05) is 30.3 Å². The molecule has 0 aliphatic rings. The Kier molecular flexibility index (Phi) is 4.51. The molecule has 29 heavy (non-hydrogen) atoms. The zero-order chi connectivity index (χ0) is 20.6. The second-order valence-electron chi connectivity index (χ2n) is 6.16. The maximum Gasteiger partial charge on any atom is 0.344 e. The second kappa shape index (κ2) is 7.02. The molecule has 7 nitrogen and oxygen atoms in total. The number of ether oxygens (including phenoxy) is 1. The molecule has 0 aliphatic heterocycles. The monoisotopic (exact) mass is 411 g/mol. The SMILES string of the molecule is Nc1cc(OC(=O)c2ccc(F)cc2)nn1S(=O)(=O)c1ccc2ccccc2c1. The molecule has 4 rings (SSSR count). The average Bonchev–Trinajstić information content (AvgIpc) is 3.09. The fourth-order valence-corrected chi connectivity index (χ4v) is 4.00. The number of halogens is 1. The molecule has 0 radical (unpaired) electrons. The van der Waals surface area contributed by atoms with Crippen molar-refractivity contribution >= 4 is 32.6 Å². The van der Waals surface area contributed by atoms with Gasteiger partial charge in [-0.05, 0) is 47.2 Å². The first-order valence-electron chi connectivity index (χ1n) is 8.42. The maximum atomic E-state index is 13.0. The van der Waals surface area contributed by atoms with Gasteiger partial charge in [0.15, 0.2) is 0 Å². The van der Waals surface area contributed by atoms with Gasteiger partial charge in [-0.25, -0.2) is 9.18 Å². The number of anilines is 1. The maximum absolute atomic E-state index is 13.0. The van der Waals surface area contributed by atoms with Crippen LogP contribution in [0.5, 0.6) is 5.88 Å². The van der Waals surface area contributed by atoms with Gasteiger partial charge >= 0.3 is 5.97 Å².